The zero-order valence-electron chi connectivity index (χ0n) is 9.96. The number of aliphatic hydroxyl groups is 1. The standard InChI is InChI=1S/C10H15N3O5/c1-2-10(4-14)5-17-9(18-6-10)8-7(13(15)16)3-11-12-8/h3,9,14H,2,4-6H2,1H3,(H,11,12). The van der Waals surface area contributed by atoms with Gasteiger partial charge in [-0.15, -0.1) is 0 Å². The Kier molecular flexibility index (Phi) is 3.60. The number of hydrogen-bond donors (Lipinski definition) is 2. The largest absolute Gasteiger partial charge is 0.396 e. The van der Waals surface area contributed by atoms with E-state index in [9.17, 15) is 15.2 Å². The highest BCUT2D eigenvalue weighted by Gasteiger charge is 2.38. The molecule has 0 radical (unpaired) electrons. The monoisotopic (exact) mass is 257 g/mol. The second-order valence-electron chi connectivity index (χ2n) is 4.39. The molecule has 0 spiro atoms. The number of aromatic amines is 1. The van der Waals surface area contributed by atoms with Crippen LogP contribution >= 0.6 is 0 Å². The molecule has 1 aromatic heterocycles. The van der Waals surface area contributed by atoms with E-state index in [-0.39, 0.29) is 18.0 Å². The summed E-state index contributed by atoms with van der Waals surface area (Å²) in [7, 11) is 0. The smallest absolute Gasteiger partial charge is 0.315 e. The minimum atomic E-state index is -0.834. The summed E-state index contributed by atoms with van der Waals surface area (Å²) in [4.78, 5) is 10.2. The summed E-state index contributed by atoms with van der Waals surface area (Å²) in [5.41, 5.74) is -0.388. The molecule has 8 heteroatoms. The van der Waals surface area contributed by atoms with Gasteiger partial charge in [0.2, 0.25) is 6.29 Å². The second kappa shape index (κ2) is 5.01. The molecule has 0 bridgehead atoms. The summed E-state index contributed by atoms with van der Waals surface area (Å²) < 4.78 is 10.9. The van der Waals surface area contributed by atoms with Crippen LogP contribution < -0.4 is 0 Å². The van der Waals surface area contributed by atoms with Crippen LogP contribution in [0.3, 0.4) is 0 Å². The fraction of sp³-hybridized carbons (Fsp3) is 0.700. The van der Waals surface area contributed by atoms with Gasteiger partial charge in [-0.1, -0.05) is 6.92 Å². The summed E-state index contributed by atoms with van der Waals surface area (Å²) in [6.45, 7) is 2.48. The van der Waals surface area contributed by atoms with Gasteiger partial charge < -0.3 is 14.6 Å². The van der Waals surface area contributed by atoms with Crippen LogP contribution in [0, 0.1) is 15.5 Å². The Morgan fingerprint density at radius 2 is 2.33 bits per heavy atom. The Morgan fingerprint density at radius 3 is 2.83 bits per heavy atom. The zero-order valence-corrected chi connectivity index (χ0v) is 9.96. The Bertz CT molecular complexity index is 419. The molecule has 0 aliphatic carbocycles. The van der Waals surface area contributed by atoms with Gasteiger partial charge in [0, 0.05) is 5.41 Å². The lowest BCUT2D eigenvalue weighted by atomic mass is 9.87. The fourth-order valence-electron chi connectivity index (χ4n) is 1.78. The van der Waals surface area contributed by atoms with Gasteiger partial charge in [0.05, 0.1) is 24.7 Å². The van der Waals surface area contributed by atoms with Gasteiger partial charge in [-0.2, -0.15) is 5.10 Å². The van der Waals surface area contributed by atoms with Gasteiger partial charge in [0.15, 0.2) is 5.69 Å². The maximum atomic E-state index is 10.8. The maximum Gasteiger partial charge on any atom is 0.315 e. The van der Waals surface area contributed by atoms with E-state index >= 15 is 0 Å². The molecular formula is C10H15N3O5. The average molecular weight is 257 g/mol. The predicted octanol–water partition coefficient (Wildman–Crippen LogP) is 0.752. The summed E-state index contributed by atoms with van der Waals surface area (Å²) in [6.07, 6.45) is 0.996. The molecule has 0 amide bonds. The molecule has 8 nitrogen and oxygen atoms in total. The van der Waals surface area contributed by atoms with E-state index in [4.69, 9.17) is 9.47 Å². The third kappa shape index (κ3) is 2.22. The summed E-state index contributed by atoms with van der Waals surface area (Å²) in [6, 6.07) is 0. The van der Waals surface area contributed by atoms with Crippen LogP contribution in [0.25, 0.3) is 0 Å². The molecular weight excluding hydrogens is 242 g/mol. The van der Waals surface area contributed by atoms with Gasteiger partial charge in [0.25, 0.3) is 0 Å². The number of aliphatic hydroxyl groups excluding tert-OH is 1. The van der Waals surface area contributed by atoms with Crippen molar-refractivity contribution in [3.63, 3.8) is 0 Å². The minimum Gasteiger partial charge on any atom is -0.396 e. The summed E-state index contributed by atoms with van der Waals surface area (Å²) >= 11 is 0. The van der Waals surface area contributed by atoms with Crippen LogP contribution in [0.2, 0.25) is 0 Å². The Hall–Kier alpha value is -1.51. The highest BCUT2D eigenvalue weighted by Crippen LogP contribution is 2.35. The SMILES string of the molecule is CCC1(CO)COC(c2[nH]ncc2[N+](=O)[O-])OC1. The molecule has 1 aliphatic rings. The summed E-state index contributed by atoms with van der Waals surface area (Å²) in [5.74, 6) is 0. The Balaban J connectivity index is 2.10. The average Bonchev–Trinajstić information content (AvgIpc) is 2.88. The van der Waals surface area contributed by atoms with Crippen molar-refractivity contribution in [1.29, 1.82) is 0 Å². The number of rotatable bonds is 4. The first-order chi connectivity index (χ1) is 8.62. The number of H-pyrrole nitrogens is 1. The van der Waals surface area contributed by atoms with Crippen LogP contribution in [-0.2, 0) is 9.47 Å². The van der Waals surface area contributed by atoms with Crippen molar-refractivity contribution in [2.24, 2.45) is 5.41 Å². The second-order valence-corrected chi connectivity index (χ2v) is 4.39. The molecule has 1 aromatic rings. The number of nitrogens with zero attached hydrogens (tertiary/aromatic N) is 2. The van der Waals surface area contributed by atoms with E-state index in [1.54, 1.807) is 0 Å². The maximum absolute atomic E-state index is 10.8. The van der Waals surface area contributed by atoms with E-state index in [1.807, 2.05) is 6.92 Å². The normalized spacial score (nSPS) is 28.2. The fourth-order valence-corrected chi connectivity index (χ4v) is 1.78. The van der Waals surface area contributed by atoms with E-state index in [0.29, 0.717) is 19.6 Å². The van der Waals surface area contributed by atoms with Crippen molar-refractivity contribution in [3.8, 4) is 0 Å². The first-order valence-corrected chi connectivity index (χ1v) is 5.63. The van der Waals surface area contributed by atoms with Crippen LogP contribution in [0.5, 0.6) is 0 Å². The van der Waals surface area contributed by atoms with Crippen LogP contribution in [-0.4, -0.2) is 40.0 Å². The molecule has 18 heavy (non-hydrogen) atoms. The highest BCUT2D eigenvalue weighted by atomic mass is 16.7. The molecule has 0 atom stereocenters. The number of ether oxygens (including phenoxy) is 2. The number of nitrogens with one attached hydrogen (secondary N) is 1. The Labute approximate surface area is 103 Å². The van der Waals surface area contributed by atoms with Crippen molar-refractivity contribution in [3.05, 3.63) is 22.0 Å². The van der Waals surface area contributed by atoms with Crippen LogP contribution in [0.4, 0.5) is 5.69 Å². The van der Waals surface area contributed by atoms with E-state index in [2.05, 4.69) is 10.2 Å². The highest BCUT2D eigenvalue weighted by molar-refractivity contribution is 5.32. The van der Waals surface area contributed by atoms with Gasteiger partial charge in [-0.3, -0.25) is 15.2 Å². The van der Waals surface area contributed by atoms with Crippen LogP contribution in [0.1, 0.15) is 25.3 Å². The molecule has 0 unspecified atom stereocenters. The molecule has 2 N–H and O–H groups in total. The third-order valence-electron chi connectivity index (χ3n) is 3.25. The Morgan fingerprint density at radius 1 is 1.67 bits per heavy atom. The van der Waals surface area contributed by atoms with Gasteiger partial charge in [0.1, 0.15) is 6.20 Å². The van der Waals surface area contributed by atoms with E-state index in [0.717, 1.165) is 6.20 Å². The van der Waals surface area contributed by atoms with E-state index in [1.165, 1.54) is 0 Å². The predicted molar refractivity (Wildman–Crippen MR) is 59.7 cm³/mol. The molecule has 0 saturated carbocycles. The van der Waals surface area contributed by atoms with Gasteiger partial charge >= 0.3 is 5.69 Å². The quantitative estimate of drug-likeness (QED) is 0.608. The number of aromatic nitrogens is 2. The third-order valence-corrected chi connectivity index (χ3v) is 3.25. The van der Waals surface area contributed by atoms with Gasteiger partial charge in [-0.05, 0) is 6.42 Å². The molecule has 2 rings (SSSR count). The van der Waals surface area contributed by atoms with Gasteiger partial charge in [-0.25, -0.2) is 0 Å². The lowest BCUT2D eigenvalue weighted by Crippen LogP contribution is -2.41. The molecule has 0 aromatic carbocycles. The minimum absolute atomic E-state index is 0.0404. The summed E-state index contributed by atoms with van der Waals surface area (Å²) in [5, 5.41) is 26.2. The molecule has 100 valence electrons. The van der Waals surface area contributed by atoms with Crippen LogP contribution in [0.15, 0.2) is 6.20 Å². The van der Waals surface area contributed by atoms with Crippen molar-refractivity contribution < 1.29 is 19.5 Å². The first kappa shape index (κ1) is 12.9. The topological polar surface area (TPSA) is 111 Å². The zero-order chi connectivity index (χ0) is 13.2. The lowest BCUT2D eigenvalue weighted by Gasteiger charge is -2.37. The van der Waals surface area contributed by atoms with Crippen molar-refractivity contribution in [1.82, 2.24) is 10.2 Å². The molecule has 1 saturated heterocycles. The van der Waals surface area contributed by atoms with Crippen molar-refractivity contribution >= 4 is 5.69 Å². The number of nitro groups is 1. The molecule has 1 fully saturated rings. The number of hydrogen-bond acceptors (Lipinski definition) is 6. The first-order valence-electron chi connectivity index (χ1n) is 5.63. The van der Waals surface area contributed by atoms with Crippen molar-refractivity contribution in [2.45, 2.75) is 19.6 Å². The van der Waals surface area contributed by atoms with Crippen molar-refractivity contribution in [2.75, 3.05) is 19.8 Å². The molecule has 2 heterocycles. The van der Waals surface area contributed by atoms with E-state index < -0.39 is 16.6 Å². The lowest BCUT2D eigenvalue weighted by molar-refractivity contribution is -0.388. The molecule has 1 aliphatic heterocycles.